The third-order valence-corrected chi connectivity index (χ3v) is 6.06. The molecule has 3 nitrogen and oxygen atoms in total. The van der Waals surface area contributed by atoms with Crippen LogP contribution in [0.15, 0.2) is 0 Å². The molecule has 4 atom stereocenters. The molecule has 2 heterocycles. The molecule has 1 saturated carbocycles. The van der Waals surface area contributed by atoms with Gasteiger partial charge in [0.15, 0.2) is 0 Å². The first kappa shape index (κ1) is 13.8. The Kier molecular flexibility index (Phi) is 3.65. The van der Waals surface area contributed by atoms with Crippen LogP contribution < -0.4 is 5.73 Å². The van der Waals surface area contributed by atoms with E-state index in [1.165, 1.54) is 51.7 Å². The zero-order valence-corrected chi connectivity index (χ0v) is 12.9. The Balaban J connectivity index is 1.71. The van der Waals surface area contributed by atoms with Crippen LogP contribution in [0.1, 0.15) is 52.9 Å². The minimum atomic E-state index is 0.327. The Morgan fingerprint density at radius 2 is 1.89 bits per heavy atom. The van der Waals surface area contributed by atoms with E-state index in [1.54, 1.807) is 0 Å². The third kappa shape index (κ3) is 2.45. The lowest BCUT2D eigenvalue weighted by Gasteiger charge is -2.50. The Hall–Kier alpha value is -0.120. The van der Waals surface area contributed by atoms with Crippen LogP contribution in [0.3, 0.4) is 0 Å². The van der Waals surface area contributed by atoms with Crippen molar-refractivity contribution < 1.29 is 0 Å². The topological polar surface area (TPSA) is 32.5 Å². The number of rotatable bonds is 1. The van der Waals surface area contributed by atoms with E-state index in [1.807, 2.05) is 0 Å². The van der Waals surface area contributed by atoms with E-state index in [0.717, 1.165) is 6.04 Å². The first-order valence-corrected chi connectivity index (χ1v) is 8.24. The van der Waals surface area contributed by atoms with Crippen molar-refractivity contribution in [2.24, 2.45) is 11.1 Å². The standard InChI is InChI=1S/C16H31N3/c1-12-10-18-9-5-4-6-13(18)11-19(12)14-7-8-16(2,3)15(14)17/h12-15H,4-11,17H2,1-3H3. The first-order valence-electron chi connectivity index (χ1n) is 8.24. The van der Waals surface area contributed by atoms with Gasteiger partial charge in [-0.2, -0.15) is 0 Å². The van der Waals surface area contributed by atoms with E-state index in [0.29, 0.717) is 23.5 Å². The molecule has 0 aromatic heterocycles. The molecule has 2 N–H and O–H groups in total. The Bertz CT molecular complexity index is 328. The lowest BCUT2D eigenvalue weighted by atomic mass is 9.86. The number of piperazine rings is 1. The first-order chi connectivity index (χ1) is 8.99. The van der Waals surface area contributed by atoms with Crippen LogP contribution in [0.4, 0.5) is 0 Å². The van der Waals surface area contributed by atoms with Crippen LogP contribution >= 0.6 is 0 Å². The second-order valence-electron chi connectivity index (χ2n) is 7.81. The molecule has 19 heavy (non-hydrogen) atoms. The van der Waals surface area contributed by atoms with E-state index in [9.17, 15) is 0 Å². The predicted octanol–water partition coefficient (Wildman–Crippen LogP) is 2.06. The second kappa shape index (κ2) is 5.01. The average Bonchev–Trinajstić information content (AvgIpc) is 2.64. The van der Waals surface area contributed by atoms with Crippen molar-refractivity contribution in [3.8, 4) is 0 Å². The van der Waals surface area contributed by atoms with Gasteiger partial charge in [0, 0.05) is 37.3 Å². The lowest BCUT2D eigenvalue weighted by molar-refractivity contribution is -0.0125. The summed E-state index contributed by atoms with van der Waals surface area (Å²) in [6.07, 6.45) is 6.81. The number of piperidine rings is 1. The molecule has 4 unspecified atom stereocenters. The summed E-state index contributed by atoms with van der Waals surface area (Å²) in [5, 5.41) is 0. The number of fused-ring (bicyclic) bond motifs is 1. The highest BCUT2D eigenvalue weighted by Gasteiger charge is 2.45. The maximum Gasteiger partial charge on any atom is 0.0256 e. The average molecular weight is 265 g/mol. The lowest BCUT2D eigenvalue weighted by Crippen LogP contribution is -2.63. The van der Waals surface area contributed by atoms with Gasteiger partial charge in [-0.15, -0.1) is 0 Å². The van der Waals surface area contributed by atoms with Gasteiger partial charge in [0.1, 0.15) is 0 Å². The summed E-state index contributed by atoms with van der Waals surface area (Å²) >= 11 is 0. The SMILES string of the molecule is CC1CN2CCCCC2CN1C1CCC(C)(C)C1N. The Labute approximate surface area is 118 Å². The van der Waals surface area contributed by atoms with Crippen molar-refractivity contribution in [1.29, 1.82) is 0 Å². The number of hydrogen-bond donors (Lipinski definition) is 1. The van der Waals surface area contributed by atoms with Crippen molar-refractivity contribution in [1.82, 2.24) is 9.80 Å². The smallest absolute Gasteiger partial charge is 0.0256 e. The van der Waals surface area contributed by atoms with E-state index in [4.69, 9.17) is 5.73 Å². The van der Waals surface area contributed by atoms with Crippen molar-refractivity contribution in [3.05, 3.63) is 0 Å². The summed E-state index contributed by atoms with van der Waals surface area (Å²) in [6, 6.07) is 2.46. The Morgan fingerprint density at radius 3 is 2.58 bits per heavy atom. The molecule has 0 aromatic rings. The minimum absolute atomic E-state index is 0.327. The molecule has 110 valence electrons. The second-order valence-corrected chi connectivity index (χ2v) is 7.81. The van der Waals surface area contributed by atoms with E-state index >= 15 is 0 Å². The molecular formula is C16H31N3. The van der Waals surface area contributed by atoms with Gasteiger partial charge >= 0.3 is 0 Å². The number of nitrogens with two attached hydrogens (primary N) is 1. The van der Waals surface area contributed by atoms with Gasteiger partial charge in [-0.05, 0) is 44.6 Å². The van der Waals surface area contributed by atoms with Gasteiger partial charge in [-0.25, -0.2) is 0 Å². The van der Waals surface area contributed by atoms with Crippen LogP contribution in [0.25, 0.3) is 0 Å². The molecule has 0 bridgehead atoms. The van der Waals surface area contributed by atoms with E-state index in [2.05, 4.69) is 30.6 Å². The molecule has 3 heteroatoms. The van der Waals surface area contributed by atoms with Crippen molar-refractivity contribution >= 4 is 0 Å². The zero-order chi connectivity index (χ0) is 13.6. The molecule has 1 aliphatic carbocycles. The largest absolute Gasteiger partial charge is 0.326 e. The van der Waals surface area contributed by atoms with Crippen LogP contribution in [0.2, 0.25) is 0 Å². The van der Waals surface area contributed by atoms with Gasteiger partial charge < -0.3 is 5.73 Å². The summed E-state index contributed by atoms with van der Waals surface area (Å²) in [6.45, 7) is 10.9. The fourth-order valence-corrected chi connectivity index (χ4v) is 4.60. The summed E-state index contributed by atoms with van der Waals surface area (Å²) in [4.78, 5) is 5.49. The molecular weight excluding hydrogens is 234 g/mol. The van der Waals surface area contributed by atoms with Crippen molar-refractivity contribution in [3.63, 3.8) is 0 Å². The van der Waals surface area contributed by atoms with Crippen LogP contribution in [-0.2, 0) is 0 Å². The molecule has 3 fully saturated rings. The highest BCUT2D eigenvalue weighted by Crippen LogP contribution is 2.40. The molecule has 0 spiro atoms. The molecule has 2 saturated heterocycles. The summed E-state index contributed by atoms with van der Waals surface area (Å²) in [5.41, 5.74) is 6.89. The minimum Gasteiger partial charge on any atom is -0.326 e. The summed E-state index contributed by atoms with van der Waals surface area (Å²) < 4.78 is 0. The van der Waals surface area contributed by atoms with Gasteiger partial charge in [0.25, 0.3) is 0 Å². The number of nitrogens with zero attached hydrogens (tertiary/aromatic N) is 2. The molecule has 0 radical (unpaired) electrons. The van der Waals surface area contributed by atoms with Crippen LogP contribution in [-0.4, -0.2) is 53.6 Å². The van der Waals surface area contributed by atoms with Gasteiger partial charge in [-0.1, -0.05) is 20.3 Å². The van der Waals surface area contributed by atoms with Crippen LogP contribution in [0.5, 0.6) is 0 Å². The van der Waals surface area contributed by atoms with Crippen LogP contribution in [0, 0.1) is 5.41 Å². The predicted molar refractivity (Wildman–Crippen MR) is 80.2 cm³/mol. The normalized spacial score (nSPS) is 44.2. The Morgan fingerprint density at radius 1 is 1.11 bits per heavy atom. The molecule has 3 aliphatic rings. The third-order valence-electron chi connectivity index (χ3n) is 6.06. The van der Waals surface area contributed by atoms with Crippen molar-refractivity contribution in [2.75, 3.05) is 19.6 Å². The summed E-state index contributed by atoms with van der Waals surface area (Å²) in [7, 11) is 0. The van der Waals surface area contributed by atoms with Gasteiger partial charge in [0.05, 0.1) is 0 Å². The monoisotopic (exact) mass is 265 g/mol. The molecule has 0 amide bonds. The maximum absolute atomic E-state index is 6.56. The zero-order valence-electron chi connectivity index (χ0n) is 12.9. The van der Waals surface area contributed by atoms with E-state index < -0.39 is 0 Å². The fourth-order valence-electron chi connectivity index (χ4n) is 4.60. The van der Waals surface area contributed by atoms with Gasteiger partial charge in [0.2, 0.25) is 0 Å². The molecule has 2 aliphatic heterocycles. The maximum atomic E-state index is 6.56. The fraction of sp³-hybridized carbons (Fsp3) is 1.00. The van der Waals surface area contributed by atoms with E-state index in [-0.39, 0.29) is 0 Å². The number of hydrogen-bond acceptors (Lipinski definition) is 3. The molecule has 0 aromatic carbocycles. The molecule has 3 rings (SSSR count). The summed E-state index contributed by atoms with van der Waals surface area (Å²) in [5.74, 6) is 0. The van der Waals surface area contributed by atoms with Gasteiger partial charge in [-0.3, -0.25) is 9.80 Å². The highest BCUT2D eigenvalue weighted by molar-refractivity contribution is 5.02. The quantitative estimate of drug-likeness (QED) is 0.788. The van der Waals surface area contributed by atoms with Crippen molar-refractivity contribution in [2.45, 2.75) is 77.0 Å². The highest BCUT2D eigenvalue weighted by atomic mass is 15.3.